The summed E-state index contributed by atoms with van der Waals surface area (Å²) in [7, 11) is 0. The summed E-state index contributed by atoms with van der Waals surface area (Å²) in [6.45, 7) is -1.50. The maximum absolute atomic E-state index is 13.8. The Bertz CT molecular complexity index is 1280. The van der Waals surface area contributed by atoms with Gasteiger partial charge in [-0.25, -0.2) is 8.78 Å². The Kier molecular flexibility index (Phi) is 9.80. The van der Waals surface area contributed by atoms with Gasteiger partial charge in [-0.3, -0.25) is 24.0 Å². The standard InChI is InChI=1S/C26H25F4N3O7/c27-15-9-16(28)22(30)23(21(15)29)40-13-18(34)17(10-20(36)37)33-25(39)26(7-4-8-26)24(38)32-12-19(35)31-11-14-5-2-1-3-6-14/h1-3,5-6,9,17H,4,7-8,10-13H2,(H,31,35)(H,32,38)(H,33,39)(H,36,37). The minimum absolute atomic E-state index is 0.0414. The summed E-state index contributed by atoms with van der Waals surface area (Å²) in [5.74, 6) is -14.0. The van der Waals surface area contributed by atoms with E-state index in [9.17, 15) is 41.5 Å². The summed E-state index contributed by atoms with van der Waals surface area (Å²) >= 11 is 0. The summed E-state index contributed by atoms with van der Waals surface area (Å²) < 4.78 is 59.0. The second kappa shape index (κ2) is 13.0. The number of carboxylic acids is 1. The van der Waals surface area contributed by atoms with Crippen LogP contribution in [0.15, 0.2) is 36.4 Å². The zero-order valence-electron chi connectivity index (χ0n) is 20.9. The molecule has 1 unspecified atom stereocenters. The Balaban J connectivity index is 1.62. The highest BCUT2D eigenvalue weighted by molar-refractivity contribution is 6.08. The highest BCUT2D eigenvalue weighted by Gasteiger charge is 2.51. The van der Waals surface area contributed by atoms with E-state index in [2.05, 4.69) is 20.7 Å². The van der Waals surface area contributed by atoms with Gasteiger partial charge in [0.15, 0.2) is 23.2 Å². The van der Waals surface area contributed by atoms with Crippen LogP contribution in [-0.2, 0) is 30.5 Å². The van der Waals surface area contributed by atoms with E-state index in [1.807, 2.05) is 0 Å². The SMILES string of the molecule is O=C(O)CC(NC(=O)C1(C(=O)NCC(=O)NCc2ccccc2)CCC1)C(=O)COc1c(F)c(F)cc(F)c1F. The number of ether oxygens (including phenoxy) is 1. The van der Waals surface area contributed by atoms with Crippen molar-refractivity contribution in [2.45, 2.75) is 38.3 Å². The summed E-state index contributed by atoms with van der Waals surface area (Å²) in [6, 6.07) is 7.08. The van der Waals surface area contributed by atoms with Crippen LogP contribution in [-0.4, -0.2) is 53.8 Å². The largest absolute Gasteiger partial charge is 0.481 e. The van der Waals surface area contributed by atoms with Gasteiger partial charge in [-0.1, -0.05) is 36.8 Å². The Hall–Kier alpha value is -4.49. The van der Waals surface area contributed by atoms with Gasteiger partial charge in [0.25, 0.3) is 0 Å². The number of carbonyl (C=O) groups is 5. The van der Waals surface area contributed by atoms with Crippen molar-refractivity contribution in [3.05, 3.63) is 65.2 Å². The smallest absolute Gasteiger partial charge is 0.305 e. The lowest BCUT2D eigenvalue weighted by molar-refractivity contribution is -0.152. The third-order valence-electron chi connectivity index (χ3n) is 6.32. The first kappa shape index (κ1) is 30.1. The van der Waals surface area contributed by atoms with E-state index in [-0.39, 0.29) is 25.5 Å². The number of hydrogen-bond acceptors (Lipinski definition) is 6. The fourth-order valence-electron chi connectivity index (χ4n) is 3.91. The third kappa shape index (κ3) is 7.12. The Labute approximate surface area is 225 Å². The van der Waals surface area contributed by atoms with Gasteiger partial charge < -0.3 is 25.8 Å². The molecule has 2 aromatic carbocycles. The Morgan fingerprint density at radius 3 is 2.10 bits per heavy atom. The molecule has 0 heterocycles. The molecule has 0 aliphatic heterocycles. The molecule has 1 atom stereocenters. The van der Waals surface area contributed by atoms with Gasteiger partial charge in [-0.05, 0) is 18.4 Å². The Morgan fingerprint density at radius 2 is 1.55 bits per heavy atom. The molecule has 14 heteroatoms. The third-order valence-corrected chi connectivity index (χ3v) is 6.32. The number of carbonyl (C=O) groups excluding carboxylic acids is 4. The molecule has 1 fully saturated rings. The predicted molar refractivity (Wildman–Crippen MR) is 129 cm³/mol. The fourth-order valence-corrected chi connectivity index (χ4v) is 3.91. The van der Waals surface area contributed by atoms with Crippen LogP contribution in [0.4, 0.5) is 17.6 Å². The zero-order valence-corrected chi connectivity index (χ0v) is 20.9. The number of benzene rings is 2. The van der Waals surface area contributed by atoms with Crippen molar-refractivity contribution in [1.82, 2.24) is 16.0 Å². The number of hydrogen-bond donors (Lipinski definition) is 4. The van der Waals surface area contributed by atoms with E-state index < -0.39 is 89.5 Å². The highest BCUT2D eigenvalue weighted by atomic mass is 19.2. The van der Waals surface area contributed by atoms with Gasteiger partial charge in [0.1, 0.15) is 18.1 Å². The average molecular weight is 567 g/mol. The number of rotatable bonds is 13. The maximum Gasteiger partial charge on any atom is 0.305 e. The molecule has 214 valence electrons. The molecule has 1 aliphatic rings. The minimum Gasteiger partial charge on any atom is -0.481 e. The molecule has 1 aliphatic carbocycles. The second-order valence-corrected chi connectivity index (χ2v) is 9.06. The normalized spacial score (nSPS) is 14.3. The van der Waals surface area contributed by atoms with E-state index >= 15 is 0 Å². The van der Waals surface area contributed by atoms with Gasteiger partial charge in [-0.2, -0.15) is 8.78 Å². The van der Waals surface area contributed by atoms with Crippen molar-refractivity contribution < 1.29 is 51.4 Å². The number of halogens is 4. The first-order valence-corrected chi connectivity index (χ1v) is 12.0. The molecule has 2 aromatic rings. The quantitative estimate of drug-likeness (QED) is 0.164. The monoisotopic (exact) mass is 567 g/mol. The summed E-state index contributed by atoms with van der Waals surface area (Å²) in [5, 5.41) is 16.3. The summed E-state index contributed by atoms with van der Waals surface area (Å²) in [6.07, 6.45) is -0.457. The van der Waals surface area contributed by atoms with E-state index in [4.69, 9.17) is 5.11 Å². The zero-order chi connectivity index (χ0) is 29.4. The number of amides is 3. The lowest BCUT2D eigenvalue weighted by atomic mass is 9.67. The molecule has 0 aromatic heterocycles. The first-order valence-electron chi connectivity index (χ1n) is 12.0. The molecule has 0 saturated heterocycles. The number of aliphatic carboxylic acids is 1. The summed E-state index contributed by atoms with van der Waals surface area (Å²) in [4.78, 5) is 61.9. The molecule has 0 bridgehead atoms. The van der Waals surface area contributed by atoms with E-state index in [1.165, 1.54) is 0 Å². The van der Waals surface area contributed by atoms with Crippen LogP contribution in [0.3, 0.4) is 0 Å². The van der Waals surface area contributed by atoms with Crippen LogP contribution in [0.1, 0.15) is 31.2 Å². The molecule has 4 N–H and O–H groups in total. The fraction of sp³-hybridized carbons (Fsp3) is 0.346. The molecule has 0 spiro atoms. The number of nitrogens with one attached hydrogen (secondary N) is 3. The molecule has 10 nitrogen and oxygen atoms in total. The van der Waals surface area contributed by atoms with Crippen LogP contribution < -0.4 is 20.7 Å². The molecule has 0 radical (unpaired) electrons. The van der Waals surface area contributed by atoms with E-state index in [0.29, 0.717) is 6.42 Å². The lowest BCUT2D eigenvalue weighted by Gasteiger charge is -2.39. The lowest BCUT2D eigenvalue weighted by Crippen LogP contribution is -2.59. The molecule has 1 saturated carbocycles. The van der Waals surface area contributed by atoms with Gasteiger partial charge in [0.2, 0.25) is 29.4 Å². The van der Waals surface area contributed by atoms with Crippen LogP contribution in [0.25, 0.3) is 0 Å². The van der Waals surface area contributed by atoms with Crippen molar-refractivity contribution in [3.8, 4) is 5.75 Å². The van der Waals surface area contributed by atoms with Gasteiger partial charge >= 0.3 is 5.97 Å². The molecule has 3 amide bonds. The van der Waals surface area contributed by atoms with Gasteiger partial charge in [0, 0.05) is 12.6 Å². The van der Waals surface area contributed by atoms with Crippen LogP contribution in [0.2, 0.25) is 0 Å². The van der Waals surface area contributed by atoms with Crippen molar-refractivity contribution >= 4 is 29.5 Å². The first-order chi connectivity index (χ1) is 18.9. The van der Waals surface area contributed by atoms with E-state index in [1.54, 1.807) is 30.3 Å². The second-order valence-electron chi connectivity index (χ2n) is 9.06. The Morgan fingerprint density at radius 1 is 0.925 bits per heavy atom. The molecular weight excluding hydrogens is 542 g/mol. The highest BCUT2D eigenvalue weighted by Crippen LogP contribution is 2.41. The molecular formula is C26H25F4N3O7. The number of Topliss-reactive ketones (excluding diaryl/α,β-unsaturated/α-hetero) is 1. The van der Waals surface area contributed by atoms with Crippen molar-refractivity contribution in [2.75, 3.05) is 13.2 Å². The minimum atomic E-state index is -1.91. The van der Waals surface area contributed by atoms with Gasteiger partial charge in [-0.15, -0.1) is 0 Å². The maximum atomic E-state index is 13.8. The van der Waals surface area contributed by atoms with Crippen LogP contribution >= 0.6 is 0 Å². The molecule has 3 rings (SSSR count). The van der Waals surface area contributed by atoms with E-state index in [0.717, 1.165) is 5.56 Å². The van der Waals surface area contributed by atoms with Crippen LogP contribution in [0, 0.1) is 28.7 Å². The summed E-state index contributed by atoms with van der Waals surface area (Å²) in [5.41, 5.74) is -0.871. The van der Waals surface area contributed by atoms with Crippen molar-refractivity contribution in [3.63, 3.8) is 0 Å². The topological polar surface area (TPSA) is 151 Å². The predicted octanol–water partition coefficient (Wildman–Crippen LogP) is 1.75. The van der Waals surface area contributed by atoms with Crippen molar-refractivity contribution in [2.24, 2.45) is 5.41 Å². The van der Waals surface area contributed by atoms with Crippen molar-refractivity contribution in [1.29, 1.82) is 0 Å². The number of ketones is 1. The van der Waals surface area contributed by atoms with Crippen LogP contribution in [0.5, 0.6) is 5.75 Å². The van der Waals surface area contributed by atoms with Gasteiger partial charge in [0.05, 0.1) is 13.0 Å². The number of carboxylic acid groups (broad SMARTS) is 1. The average Bonchev–Trinajstić information content (AvgIpc) is 2.88. The molecule has 40 heavy (non-hydrogen) atoms.